The summed E-state index contributed by atoms with van der Waals surface area (Å²) in [7, 11) is 4.95. The molecule has 39 heavy (non-hydrogen) atoms. The monoisotopic (exact) mass is 549 g/mol. The Morgan fingerprint density at radius 1 is 0.974 bits per heavy atom. The lowest BCUT2D eigenvalue weighted by Gasteiger charge is -2.15. The molecule has 1 atom stereocenters. The fourth-order valence-corrected chi connectivity index (χ4v) is 4.98. The number of methoxy groups -OCH3 is 3. The summed E-state index contributed by atoms with van der Waals surface area (Å²) in [5, 5.41) is 13.7. The Bertz CT molecular complexity index is 1440. The largest absolute Gasteiger partial charge is 0.497 e. The van der Waals surface area contributed by atoms with Crippen molar-refractivity contribution in [3.8, 4) is 28.4 Å². The van der Waals surface area contributed by atoms with Gasteiger partial charge < -0.3 is 29.0 Å². The molecule has 1 aliphatic rings. The van der Waals surface area contributed by atoms with E-state index in [1.807, 2.05) is 48.5 Å². The summed E-state index contributed by atoms with van der Waals surface area (Å²) in [6.45, 7) is 1.85. The molecule has 5 rings (SSSR count). The van der Waals surface area contributed by atoms with Gasteiger partial charge in [0, 0.05) is 47.2 Å². The molecule has 0 amide bonds. The first-order valence-corrected chi connectivity index (χ1v) is 13.3. The molecule has 3 aromatic carbocycles. The number of aromatic nitrogens is 2. The minimum absolute atomic E-state index is 0.110. The first kappa shape index (κ1) is 27.0. The highest BCUT2D eigenvalue weighted by Crippen LogP contribution is 2.37. The van der Waals surface area contributed by atoms with E-state index in [2.05, 4.69) is 15.5 Å². The van der Waals surface area contributed by atoms with E-state index in [1.165, 1.54) is 0 Å². The van der Waals surface area contributed by atoms with Gasteiger partial charge in [0.15, 0.2) is 6.29 Å². The van der Waals surface area contributed by atoms with Crippen LogP contribution in [0.3, 0.4) is 0 Å². The number of rotatable bonds is 11. The standard InChI is InChI=1S/C30H32ClN3O5/c1-35-22-8-6-21(28(15-22)36-2)17-32-27-18-33-34-26-13-19(7-9-23(26)27)24-16-25(31)20(14-29(24)37-3)10-12-39-30-5-4-11-38-30/h6-9,13-16,18,30H,4-5,10-12,17H2,1-3H3,(H,32,34). The van der Waals surface area contributed by atoms with Crippen LogP contribution in [0.15, 0.2) is 54.7 Å². The molecule has 4 aromatic rings. The number of nitrogens with zero attached hydrogens (tertiary/aromatic N) is 2. The van der Waals surface area contributed by atoms with Gasteiger partial charge >= 0.3 is 0 Å². The van der Waals surface area contributed by atoms with Crippen LogP contribution in [0.4, 0.5) is 5.69 Å². The van der Waals surface area contributed by atoms with Crippen molar-refractivity contribution in [3.05, 3.63) is 70.9 Å². The molecule has 0 radical (unpaired) electrons. The van der Waals surface area contributed by atoms with Gasteiger partial charge in [0.1, 0.15) is 17.2 Å². The van der Waals surface area contributed by atoms with E-state index in [1.54, 1.807) is 27.5 Å². The number of ether oxygens (including phenoxy) is 5. The molecule has 0 spiro atoms. The lowest BCUT2D eigenvalue weighted by atomic mass is 10.00. The van der Waals surface area contributed by atoms with Gasteiger partial charge in [0.2, 0.25) is 0 Å². The van der Waals surface area contributed by atoms with Crippen LogP contribution in [0.25, 0.3) is 22.0 Å². The van der Waals surface area contributed by atoms with Crippen molar-refractivity contribution in [1.82, 2.24) is 10.2 Å². The molecule has 1 fully saturated rings. The fourth-order valence-electron chi connectivity index (χ4n) is 4.72. The Hall–Kier alpha value is -3.59. The third-order valence-electron chi connectivity index (χ3n) is 6.85. The van der Waals surface area contributed by atoms with Crippen LogP contribution in [0.1, 0.15) is 24.0 Å². The van der Waals surface area contributed by atoms with E-state index in [-0.39, 0.29) is 6.29 Å². The molecule has 1 saturated heterocycles. The van der Waals surface area contributed by atoms with Crippen LogP contribution < -0.4 is 19.5 Å². The van der Waals surface area contributed by atoms with E-state index in [9.17, 15) is 0 Å². The first-order valence-electron chi connectivity index (χ1n) is 12.9. The summed E-state index contributed by atoms with van der Waals surface area (Å²) < 4.78 is 27.9. The molecule has 1 aliphatic heterocycles. The molecule has 0 aliphatic carbocycles. The molecule has 1 N–H and O–H groups in total. The van der Waals surface area contributed by atoms with Gasteiger partial charge in [0.05, 0.1) is 45.3 Å². The number of anilines is 1. The van der Waals surface area contributed by atoms with E-state index >= 15 is 0 Å². The summed E-state index contributed by atoms with van der Waals surface area (Å²) in [6, 6.07) is 15.7. The van der Waals surface area contributed by atoms with Gasteiger partial charge in [-0.2, -0.15) is 10.2 Å². The number of halogens is 1. The number of hydrogen-bond donors (Lipinski definition) is 1. The smallest absolute Gasteiger partial charge is 0.157 e. The highest BCUT2D eigenvalue weighted by molar-refractivity contribution is 6.31. The number of fused-ring (bicyclic) bond motifs is 1. The Kier molecular flexibility index (Phi) is 8.66. The van der Waals surface area contributed by atoms with Crippen LogP contribution in [-0.2, 0) is 22.4 Å². The maximum Gasteiger partial charge on any atom is 0.157 e. The SMILES string of the molecule is COc1ccc(CNc2cnnc3cc(-c4cc(Cl)c(CCOC5CCCO5)cc4OC)ccc23)c(OC)c1. The van der Waals surface area contributed by atoms with Gasteiger partial charge in [0.25, 0.3) is 0 Å². The zero-order chi connectivity index (χ0) is 27.2. The summed E-state index contributed by atoms with van der Waals surface area (Å²) in [4.78, 5) is 0. The van der Waals surface area contributed by atoms with E-state index in [0.29, 0.717) is 24.6 Å². The third-order valence-corrected chi connectivity index (χ3v) is 7.20. The number of nitrogens with one attached hydrogen (secondary N) is 1. The molecular formula is C30H32ClN3O5. The predicted octanol–water partition coefficient (Wildman–Crippen LogP) is 6.28. The van der Waals surface area contributed by atoms with Gasteiger partial charge in [-0.3, -0.25) is 0 Å². The van der Waals surface area contributed by atoms with Crippen LogP contribution in [0.2, 0.25) is 5.02 Å². The summed E-state index contributed by atoms with van der Waals surface area (Å²) in [5.74, 6) is 2.23. The normalized spacial score (nSPS) is 14.9. The fraction of sp³-hybridized carbons (Fsp3) is 0.333. The van der Waals surface area contributed by atoms with E-state index in [0.717, 1.165) is 75.5 Å². The number of benzene rings is 3. The second kappa shape index (κ2) is 12.5. The molecular weight excluding hydrogens is 518 g/mol. The van der Waals surface area contributed by atoms with Crippen molar-refractivity contribution in [2.45, 2.75) is 32.1 Å². The minimum atomic E-state index is -0.110. The predicted molar refractivity (Wildman–Crippen MR) is 152 cm³/mol. The third kappa shape index (κ3) is 6.19. The van der Waals surface area contributed by atoms with Crippen LogP contribution in [-0.4, -0.2) is 51.0 Å². The van der Waals surface area contributed by atoms with Crippen LogP contribution >= 0.6 is 11.6 Å². The highest BCUT2D eigenvalue weighted by Gasteiger charge is 2.17. The first-order chi connectivity index (χ1) is 19.1. The molecule has 9 heteroatoms. The molecule has 0 bridgehead atoms. The zero-order valence-corrected chi connectivity index (χ0v) is 23.1. The van der Waals surface area contributed by atoms with Gasteiger partial charge in [-0.15, -0.1) is 0 Å². The second-order valence-electron chi connectivity index (χ2n) is 9.23. The van der Waals surface area contributed by atoms with Crippen molar-refractivity contribution in [2.24, 2.45) is 0 Å². The number of hydrogen-bond acceptors (Lipinski definition) is 8. The topological polar surface area (TPSA) is 84.0 Å². The summed E-state index contributed by atoms with van der Waals surface area (Å²) in [5.41, 5.74) is 5.42. The maximum absolute atomic E-state index is 6.69. The van der Waals surface area contributed by atoms with Crippen LogP contribution in [0, 0.1) is 0 Å². The van der Waals surface area contributed by atoms with Crippen LogP contribution in [0.5, 0.6) is 17.2 Å². The van der Waals surface area contributed by atoms with Crippen molar-refractivity contribution in [3.63, 3.8) is 0 Å². The molecule has 0 saturated carbocycles. The Labute approximate surface area is 233 Å². The Balaban J connectivity index is 1.35. The molecule has 1 unspecified atom stereocenters. The Morgan fingerprint density at radius 2 is 1.85 bits per heavy atom. The summed E-state index contributed by atoms with van der Waals surface area (Å²) >= 11 is 6.69. The maximum atomic E-state index is 6.69. The zero-order valence-electron chi connectivity index (χ0n) is 22.3. The van der Waals surface area contributed by atoms with Gasteiger partial charge in [-0.05, 0) is 60.4 Å². The van der Waals surface area contributed by atoms with Crippen molar-refractivity contribution in [1.29, 1.82) is 0 Å². The quantitative estimate of drug-likeness (QED) is 0.234. The van der Waals surface area contributed by atoms with Crippen molar-refractivity contribution >= 4 is 28.2 Å². The second-order valence-corrected chi connectivity index (χ2v) is 9.64. The van der Waals surface area contributed by atoms with Gasteiger partial charge in [-0.25, -0.2) is 0 Å². The van der Waals surface area contributed by atoms with Crippen molar-refractivity contribution in [2.75, 3.05) is 39.9 Å². The molecule has 8 nitrogen and oxygen atoms in total. The minimum Gasteiger partial charge on any atom is -0.497 e. The van der Waals surface area contributed by atoms with E-state index < -0.39 is 0 Å². The lowest BCUT2D eigenvalue weighted by molar-refractivity contribution is -0.109. The molecule has 2 heterocycles. The molecule has 1 aromatic heterocycles. The van der Waals surface area contributed by atoms with Crippen molar-refractivity contribution < 1.29 is 23.7 Å². The summed E-state index contributed by atoms with van der Waals surface area (Å²) in [6.07, 6.45) is 4.27. The lowest BCUT2D eigenvalue weighted by Crippen LogP contribution is -2.12. The Morgan fingerprint density at radius 3 is 2.62 bits per heavy atom. The molecule has 204 valence electrons. The average Bonchev–Trinajstić information content (AvgIpc) is 3.50. The van der Waals surface area contributed by atoms with E-state index in [4.69, 9.17) is 35.3 Å². The highest BCUT2D eigenvalue weighted by atomic mass is 35.5. The van der Waals surface area contributed by atoms with Gasteiger partial charge in [-0.1, -0.05) is 17.7 Å². The average molecular weight is 550 g/mol.